The van der Waals surface area contributed by atoms with Crippen LogP contribution >= 0.6 is 11.6 Å². The molecule has 2 aromatic rings. The number of benzene rings is 1. The molecule has 0 unspecified atom stereocenters. The Morgan fingerprint density at radius 1 is 1.43 bits per heavy atom. The van der Waals surface area contributed by atoms with Gasteiger partial charge in [0.25, 0.3) is 0 Å². The number of aromatic carboxylic acids is 1. The van der Waals surface area contributed by atoms with Crippen molar-refractivity contribution in [2.75, 3.05) is 0 Å². The van der Waals surface area contributed by atoms with Crippen molar-refractivity contribution in [1.29, 1.82) is 0 Å². The summed E-state index contributed by atoms with van der Waals surface area (Å²) in [7, 11) is 0. The summed E-state index contributed by atoms with van der Waals surface area (Å²) in [6.45, 7) is 1.91. The number of halogens is 1. The highest BCUT2D eigenvalue weighted by Crippen LogP contribution is 2.24. The van der Waals surface area contributed by atoms with Crippen LogP contribution in [0.3, 0.4) is 0 Å². The maximum absolute atomic E-state index is 10.8. The molecule has 0 aliphatic carbocycles. The van der Waals surface area contributed by atoms with Gasteiger partial charge in [-0.2, -0.15) is 0 Å². The van der Waals surface area contributed by atoms with Gasteiger partial charge in [-0.25, -0.2) is 4.79 Å². The number of aromatic nitrogens is 1. The minimum atomic E-state index is -1.00. The van der Waals surface area contributed by atoms with Crippen LogP contribution in [-0.4, -0.2) is 16.1 Å². The van der Waals surface area contributed by atoms with Gasteiger partial charge in [0.2, 0.25) is 0 Å². The van der Waals surface area contributed by atoms with Gasteiger partial charge in [-0.15, -0.1) is 0 Å². The zero-order valence-electron chi connectivity index (χ0n) is 7.47. The minimum absolute atomic E-state index is 0.137. The van der Waals surface area contributed by atoms with Gasteiger partial charge in [-0.1, -0.05) is 11.6 Å². The summed E-state index contributed by atoms with van der Waals surface area (Å²) >= 11 is 5.81. The molecule has 0 saturated carbocycles. The number of carboxylic acid groups (broad SMARTS) is 1. The molecule has 0 aliphatic rings. The predicted octanol–water partition coefficient (Wildman–Crippen LogP) is 2.83. The molecule has 2 N–H and O–H groups in total. The van der Waals surface area contributed by atoms with Crippen molar-refractivity contribution in [3.05, 3.63) is 34.5 Å². The molecule has 2 rings (SSSR count). The second-order valence-corrected chi connectivity index (χ2v) is 3.58. The van der Waals surface area contributed by atoms with E-state index in [-0.39, 0.29) is 10.6 Å². The smallest absolute Gasteiger partial charge is 0.337 e. The molecule has 14 heavy (non-hydrogen) atoms. The Hall–Kier alpha value is -1.48. The lowest BCUT2D eigenvalue weighted by Gasteiger charge is -1.98. The Morgan fingerprint density at radius 3 is 2.79 bits per heavy atom. The van der Waals surface area contributed by atoms with E-state index in [1.165, 1.54) is 0 Å². The summed E-state index contributed by atoms with van der Waals surface area (Å²) in [6.07, 6.45) is 0. The fourth-order valence-electron chi connectivity index (χ4n) is 1.46. The van der Waals surface area contributed by atoms with E-state index in [0.717, 1.165) is 16.6 Å². The first-order chi connectivity index (χ1) is 6.58. The van der Waals surface area contributed by atoms with Crippen LogP contribution in [0.15, 0.2) is 18.2 Å². The molecular formula is C10H8ClNO2. The van der Waals surface area contributed by atoms with Crippen LogP contribution in [0.25, 0.3) is 10.9 Å². The molecule has 0 radical (unpaired) electrons. The highest BCUT2D eigenvalue weighted by molar-refractivity contribution is 6.34. The number of fused-ring (bicyclic) bond motifs is 1. The number of aromatic amines is 1. The molecular weight excluding hydrogens is 202 g/mol. The van der Waals surface area contributed by atoms with Gasteiger partial charge in [0.15, 0.2) is 0 Å². The Labute approximate surface area is 85.3 Å². The molecule has 1 aromatic heterocycles. The van der Waals surface area contributed by atoms with Gasteiger partial charge in [0, 0.05) is 16.6 Å². The zero-order chi connectivity index (χ0) is 10.3. The molecule has 72 valence electrons. The number of hydrogen-bond donors (Lipinski definition) is 2. The molecule has 0 fully saturated rings. The van der Waals surface area contributed by atoms with E-state index in [9.17, 15) is 4.79 Å². The number of aryl methyl sites for hydroxylation is 1. The Kier molecular flexibility index (Phi) is 1.97. The van der Waals surface area contributed by atoms with E-state index in [1.807, 2.05) is 13.0 Å². The molecule has 0 bridgehead atoms. The molecule has 3 nitrogen and oxygen atoms in total. The zero-order valence-corrected chi connectivity index (χ0v) is 8.22. The lowest BCUT2D eigenvalue weighted by atomic mass is 10.1. The van der Waals surface area contributed by atoms with Gasteiger partial charge < -0.3 is 10.1 Å². The molecule has 1 heterocycles. The molecule has 0 aliphatic heterocycles. The summed E-state index contributed by atoms with van der Waals surface area (Å²) in [4.78, 5) is 13.9. The average molecular weight is 210 g/mol. The van der Waals surface area contributed by atoms with Crippen molar-refractivity contribution < 1.29 is 9.90 Å². The summed E-state index contributed by atoms with van der Waals surface area (Å²) in [6, 6.07) is 5.09. The fourth-order valence-corrected chi connectivity index (χ4v) is 1.71. The number of hydrogen-bond acceptors (Lipinski definition) is 1. The van der Waals surface area contributed by atoms with E-state index in [4.69, 9.17) is 16.7 Å². The summed E-state index contributed by atoms with van der Waals surface area (Å²) in [5.74, 6) is -1.00. The van der Waals surface area contributed by atoms with Crippen molar-refractivity contribution in [2.24, 2.45) is 0 Å². The first-order valence-electron chi connectivity index (χ1n) is 4.10. The topological polar surface area (TPSA) is 53.1 Å². The highest BCUT2D eigenvalue weighted by Gasteiger charge is 2.10. The number of nitrogens with one attached hydrogen (secondary N) is 1. The second-order valence-electron chi connectivity index (χ2n) is 3.18. The summed E-state index contributed by atoms with van der Waals surface area (Å²) in [5.41, 5.74) is 1.98. The first kappa shape index (κ1) is 9.09. The quantitative estimate of drug-likeness (QED) is 0.759. The molecule has 4 heteroatoms. The number of rotatable bonds is 1. The van der Waals surface area contributed by atoms with Crippen molar-refractivity contribution in [1.82, 2.24) is 4.98 Å². The van der Waals surface area contributed by atoms with Crippen molar-refractivity contribution >= 4 is 28.5 Å². The maximum atomic E-state index is 10.8. The van der Waals surface area contributed by atoms with Crippen LogP contribution in [0.4, 0.5) is 0 Å². The molecule has 0 spiro atoms. The Balaban J connectivity index is 2.76. The Bertz CT molecular complexity index is 516. The van der Waals surface area contributed by atoms with Gasteiger partial charge in [0.05, 0.1) is 10.6 Å². The number of H-pyrrole nitrogens is 1. The number of carboxylic acids is 1. The van der Waals surface area contributed by atoms with Crippen LogP contribution < -0.4 is 0 Å². The molecule has 0 amide bonds. The predicted molar refractivity (Wildman–Crippen MR) is 55.0 cm³/mol. The standard InChI is InChI=1S/C10H8ClNO2/c1-5-2-6-3-7(10(13)14)8(11)4-9(6)12-5/h2-4,12H,1H3,(H,13,14). The van der Waals surface area contributed by atoms with E-state index >= 15 is 0 Å². The third-order valence-electron chi connectivity index (χ3n) is 2.07. The van der Waals surface area contributed by atoms with Crippen LogP contribution in [-0.2, 0) is 0 Å². The van der Waals surface area contributed by atoms with Crippen LogP contribution in [0.1, 0.15) is 16.1 Å². The third kappa shape index (κ3) is 1.36. The van der Waals surface area contributed by atoms with Gasteiger partial charge in [-0.05, 0) is 25.1 Å². The van der Waals surface area contributed by atoms with E-state index < -0.39 is 5.97 Å². The molecule has 0 saturated heterocycles. The van der Waals surface area contributed by atoms with Gasteiger partial charge in [0.1, 0.15) is 0 Å². The fraction of sp³-hybridized carbons (Fsp3) is 0.100. The van der Waals surface area contributed by atoms with E-state index in [1.54, 1.807) is 12.1 Å². The monoisotopic (exact) mass is 209 g/mol. The van der Waals surface area contributed by atoms with Crippen molar-refractivity contribution in [2.45, 2.75) is 6.92 Å². The normalized spacial score (nSPS) is 10.7. The average Bonchev–Trinajstić information content (AvgIpc) is 2.42. The number of carbonyl (C=O) groups is 1. The van der Waals surface area contributed by atoms with Crippen molar-refractivity contribution in [3.8, 4) is 0 Å². The van der Waals surface area contributed by atoms with Crippen LogP contribution in [0.5, 0.6) is 0 Å². The van der Waals surface area contributed by atoms with Gasteiger partial charge >= 0.3 is 5.97 Å². The summed E-state index contributed by atoms with van der Waals surface area (Å²) in [5, 5.41) is 9.96. The maximum Gasteiger partial charge on any atom is 0.337 e. The second kappa shape index (κ2) is 3.03. The van der Waals surface area contributed by atoms with Crippen LogP contribution in [0, 0.1) is 6.92 Å². The van der Waals surface area contributed by atoms with E-state index in [0.29, 0.717) is 0 Å². The summed E-state index contributed by atoms with van der Waals surface area (Å²) < 4.78 is 0. The lowest BCUT2D eigenvalue weighted by molar-refractivity contribution is 0.0697. The minimum Gasteiger partial charge on any atom is -0.478 e. The van der Waals surface area contributed by atoms with Crippen molar-refractivity contribution in [3.63, 3.8) is 0 Å². The largest absolute Gasteiger partial charge is 0.478 e. The SMILES string of the molecule is Cc1cc2cc(C(=O)O)c(Cl)cc2[nH]1. The third-order valence-corrected chi connectivity index (χ3v) is 2.39. The van der Waals surface area contributed by atoms with Crippen LogP contribution in [0.2, 0.25) is 5.02 Å². The lowest BCUT2D eigenvalue weighted by Crippen LogP contribution is -1.96. The molecule has 0 atom stereocenters. The highest BCUT2D eigenvalue weighted by atomic mass is 35.5. The Morgan fingerprint density at radius 2 is 2.14 bits per heavy atom. The van der Waals surface area contributed by atoms with Gasteiger partial charge in [-0.3, -0.25) is 0 Å². The van der Waals surface area contributed by atoms with E-state index in [2.05, 4.69) is 4.98 Å². The first-order valence-corrected chi connectivity index (χ1v) is 4.48. The molecule has 1 aromatic carbocycles.